The van der Waals surface area contributed by atoms with Gasteiger partial charge in [0, 0.05) is 38.6 Å². The van der Waals surface area contributed by atoms with Crippen molar-refractivity contribution in [2.45, 2.75) is 18.0 Å². The van der Waals surface area contributed by atoms with Gasteiger partial charge in [-0.05, 0) is 25.1 Å². The summed E-state index contributed by atoms with van der Waals surface area (Å²) in [5.74, 6) is -0.228. The standard InChI is InChI=1S/C19H19F3N4O3S2/c1-12-13-11-15(30-18(13)24(2)23-12)17(27)25-7-9-26(10-8-25)31(28,29)16-6-4-3-5-14(16)19(20,21)22/h3-6,11H,7-10H2,1-2H3. The fourth-order valence-corrected chi connectivity index (χ4v) is 6.39. The van der Waals surface area contributed by atoms with Crippen molar-refractivity contribution in [3.63, 3.8) is 0 Å². The number of aromatic nitrogens is 2. The Labute approximate surface area is 180 Å². The molecule has 1 aliphatic rings. The lowest BCUT2D eigenvalue weighted by Crippen LogP contribution is -2.50. The van der Waals surface area contributed by atoms with Crippen LogP contribution in [0, 0.1) is 6.92 Å². The van der Waals surface area contributed by atoms with Crippen LogP contribution in [0.2, 0.25) is 0 Å². The molecular formula is C19H19F3N4O3S2. The van der Waals surface area contributed by atoms with Gasteiger partial charge in [-0.3, -0.25) is 9.48 Å². The summed E-state index contributed by atoms with van der Waals surface area (Å²) < 4.78 is 68.3. The van der Waals surface area contributed by atoms with Crippen molar-refractivity contribution in [3.8, 4) is 0 Å². The average Bonchev–Trinajstić information content (AvgIpc) is 3.28. The number of halogens is 3. The van der Waals surface area contributed by atoms with E-state index in [1.165, 1.54) is 22.3 Å². The molecule has 0 saturated carbocycles. The average molecular weight is 473 g/mol. The van der Waals surface area contributed by atoms with E-state index in [9.17, 15) is 26.4 Å². The van der Waals surface area contributed by atoms with E-state index < -0.39 is 26.7 Å². The van der Waals surface area contributed by atoms with Crippen molar-refractivity contribution in [1.82, 2.24) is 19.0 Å². The molecule has 7 nitrogen and oxygen atoms in total. The fraction of sp³-hybridized carbons (Fsp3) is 0.368. The van der Waals surface area contributed by atoms with Crippen molar-refractivity contribution < 1.29 is 26.4 Å². The van der Waals surface area contributed by atoms with Gasteiger partial charge in [0.15, 0.2) is 0 Å². The maximum absolute atomic E-state index is 13.3. The van der Waals surface area contributed by atoms with Crippen molar-refractivity contribution in [2.24, 2.45) is 7.05 Å². The minimum absolute atomic E-state index is 0.0776. The molecule has 0 aliphatic carbocycles. The third-order valence-electron chi connectivity index (χ3n) is 5.24. The molecule has 31 heavy (non-hydrogen) atoms. The zero-order valence-corrected chi connectivity index (χ0v) is 18.3. The van der Waals surface area contributed by atoms with Crippen LogP contribution in [-0.4, -0.2) is 59.5 Å². The van der Waals surface area contributed by atoms with Gasteiger partial charge in [-0.15, -0.1) is 11.3 Å². The molecule has 1 fully saturated rings. The number of aryl methyl sites for hydroxylation is 2. The Bertz CT molecular complexity index is 1220. The number of hydrogen-bond donors (Lipinski definition) is 0. The highest BCUT2D eigenvalue weighted by molar-refractivity contribution is 7.89. The van der Waals surface area contributed by atoms with Crippen LogP contribution in [0.1, 0.15) is 20.9 Å². The number of thiophene rings is 1. The second-order valence-electron chi connectivity index (χ2n) is 7.23. The molecule has 1 amide bonds. The van der Waals surface area contributed by atoms with Crippen LogP contribution in [0.3, 0.4) is 0 Å². The number of hydrogen-bond acceptors (Lipinski definition) is 5. The first-order valence-electron chi connectivity index (χ1n) is 9.39. The lowest BCUT2D eigenvalue weighted by atomic mass is 10.2. The highest BCUT2D eigenvalue weighted by Crippen LogP contribution is 2.35. The van der Waals surface area contributed by atoms with Gasteiger partial charge in [0.2, 0.25) is 10.0 Å². The molecule has 1 aromatic carbocycles. The molecule has 0 spiro atoms. The van der Waals surface area contributed by atoms with Crippen molar-refractivity contribution in [3.05, 3.63) is 46.5 Å². The number of carbonyl (C=O) groups excluding carboxylic acids is 1. The number of fused-ring (bicyclic) bond motifs is 1. The van der Waals surface area contributed by atoms with Gasteiger partial charge in [-0.25, -0.2) is 8.42 Å². The summed E-state index contributed by atoms with van der Waals surface area (Å²) >= 11 is 1.31. The molecular weight excluding hydrogens is 453 g/mol. The number of carbonyl (C=O) groups is 1. The van der Waals surface area contributed by atoms with Crippen LogP contribution in [0.25, 0.3) is 10.2 Å². The van der Waals surface area contributed by atoms with Crippen LogP contribution in [0.15, 0.2) is 35.2 Å². The van der Waals surface area contributed by atoms with Crippen molar-refractivity contribution in [1.29, 1.82) is 0 Å². The fourth-order valence-electron chi connectivity index (χ4n) is 3.66. The second-order valence-corrected chi connectivity index (χ2v) is 10.2. The molecule has 1 saturated heterocycles. The molecule has 2 aromatic heterocycles. The largest absolute Gasteiger partial charge is 0.417 e. The number of rotatable bonds is 3. The van der Waals surface area contributed by atoms with E-state index in [-0.39, 0.29) is 32.1 Å². The summed E-state index contributed by atoms with van der Waals surface area (Å²) in [7, 11) is -2.55. The molecule has 0 atom stereocenters. The third-order valence-corrected chi connectivity index (χ3v) is 8.39. The lowest BCUT2D eigenvalue weighted by Gasteiger charge is -2.34. The maximum Gasteiger partial charge on any atom is 0.417 e. The number of benzene rings is 1. The molecule has 3 aromatic rings. The summed E-state index contributed by atoms with van der Waals surface area (Å²) in [5.41, 5.74) is -0.380. The normalized spacial score (nSPS) is 16.2. The first kappa shape index (κ1) is 21.8. The van der Waals surface area contributed by atoms with Gasteiger partial charge in [-0.2, -0.15) is 22.6 Å². The first-order valence-corrected chi connectivity index (χ1v) is 11.6. The molecule has 3 heterocycles. The zero-order valence-electron chi connectivity index (χ0n) is 16.7. The molecule has 0 bridgehead atoms. The first-order chi connectivity index (χ1) is 14.5. The molecule has 1 aliphatic heterocycles. The number of amides is 1. The smallest absolute Gasteiger partial charge is 0.335 e. The minimum Gasteiger partial charge on any atom is -0.335 e. The maximum atomic E-state index is 13.3. The van der Waals surface area contributed by atoms with E-state index in [0.29, 0.717) is 4.88 Å². The molecule has 0 unspecified atom stereocenters. The molecule has 0 radical (unpaired) electrons. The number of piperazine rings is 1. The highest BCUT2D eigenvalue weighted by Gasteiger charge is 2.40. The van der Waals surface area contributed by atoms with Gasteiger partial charge < -0.3 is 4.90 Å². The van der Waals surface area contributed by atoms with Crippen LogP contribution < -0.4 is 0 Å². The molecule has 12 heteroatoms. The van der Waals surface area contributed by atoms with Gasteiger partial charge in [0.05, 0.1) is 21.0 Å². The SMILES string of the molecule is Cc1nn(C)c2sc(C(=O)N3CCN(S(=O)(=O)c4ccccc4C(F)(F)F)CC3)cc12. The van der Waals surface area contributed by atoms with E-state index in [0.717, 1.165) is 38.4 Å². The Kier molecular flexibility index (Phi) is 5.34. The quantitative estimate of drug-likeness (QED) is 0.587. The van der Waals surface area contributed by atoms with Gasteiger partial charge in [-0.1, -0.05) is 12.1 Å². The van der Waals surface area contributed by atoms with Gasteiger partial charge >= 0.3 is 6.18 Å². The van der Waals surface area contributed by atoms with Crippen LogP contribution in [-0.2, 0) is 23.2 Å². The Morgan fingerprint density at radius 3 is 2.39 bits per heavy atom. The third kappa shape index (κ3) is 3.83. The van der Waals surface area contributed by atoms with E-state index in [1.807, 2.05) is 6.92 Å². The Morgan fingerprint density at radius 1 is 1.13 bits per heavy atom. The summed E-state index contributed by atoms with van der Waals surface area (Å²) in [6, 6.07) is 5.91. The summed E-state index contributed by atoms with van der Waals surface area (Å²) in [6.45, 7) is 1.89. The number of alkyl halides is 3. The van der Waals surface area contributed by atoms with E-state index >= 15 is 0 Å². The summed E-state index contributed by atoms with van der Waals surface area (Å²) in [4.78, 5) is 15.0. The topological polar surface area (TPSA) is 75.5 Å². The summed E-state index contributed by atoms with van der Waals surface area (Å²) in [6.07, 6.45) is -4.78. The van der Waals surface area contributed by atoms with Crippen LogP contribution in [0.5, 0.6) is 0 Å². The van der Waals surface area contributed by atoms with Crippen LogP contribution >= 0.6 is 11.3 Å². The van der Waals surface area contributed by atoms with E-state index in [2.05, 4.69) is 5.10 Å². The molecule has 4 rings (SSSR count). The zero-order chi connectivity index (χ0) is 22.6. The predicted molar refractivity (Wildman–Crippen MR) is 109 cm³/mol. The minimum atomic E-state index is -4.78. The Balaban J connectivity index is 1.52. The van der Waals surface area contributed by atoms with Crippen LogP contribution in [0.4, 0.5) is 13.2 Å². The van der Waals surface area contributed by atoms with E-state index in [4.69, 9.17) is 0 Å². The summed E-state index contributed by atoms with van der Waals surface area (Å²) in [5, 5.41) is 5.19. The van der Waals surface area contributed by atoms with Gasteiger partial charge in [0.1, 0.15) is 4.83 Å². The van der Waals surface area contributed by atoms with E-state index in [1.54, 1.807) is 17.8 Å². The second kappa shape index (κ2) is 7.61. The predicted octanol–water partition coefficient (Wildman–Crippen LogP) is 3.11. The Hall–Kier alpha value is -2.44. The number of sulfonamides is 1. The highest BCUT2D eigenvalue weighted by atomic mass is 32.2. The molecule has 0 N–H and O–H groups in total. The van der Waals surface area contributed by atoms with Crippen molar-refractivity contribution >= 4 is 37.5 Å². The van der Waals surface area contributed by atoms with Crippen molar-refractivity contribution in [2.75, 3.05) is 26.2 Å². The van der Waals surface area contributed by atoms with Gasteiger partial charge in [0.25, 0.3) is 5.91 Å². The number of nitrogens with zero attached hydrogens (tertiary/aromatic N) is 4. The lowest BCUT2D eigenvalue weighted by molar-refractivity contribution is -0.139. The molecule has 166 valence electrons. The monoisotopic (exact) mass is 472 g/mol. The Morgan fingerprint density at radius 2 is 1.77 bits per heavy atom.